The molecule has 3 rings (SSSR count). The van der Waals surface area contributed by atoms with E-state index in [-0.39, 0.29) is 5.91 Å². The van der Waals surface area contributed by atoms with Gasteiger partial charge in [-0.1, -0.05) is 71.7 Å². The molecule has 3 aromatic rings. The van der Waals surface area contributed by atoms with Crippen LogP contribution in [-0.4, -0.2) is 12.1 Å². The van der Waals surface area contributed by atoms with E-state index in [4.69, 9.17) is 23.2 Å². The van der Waals surface area contributed by atoms with Crippen molar-refractivity contribution in [3.05, 3.63) is 94.0 Å². The van der Waals surface area contributed by atoms with Crippen molar-refractivity contribution in [2.75, 3.05) is 0 Å². The molecule has 0 radical (unpaired) electrons. The molecule has 0 aliphatic heterocycles. The van der Waals surface area contributed by atoms with E-state index in [0.717, 1.165) is 11.1 Å². The maximum atomic E-state index is 12.2. The highest BCUT2D eigenvalue weighted by Crippen LogP contribution is 2.22. The van der Waals surface area contributed by atoms with E-state index in [1.165, 1.54) is 6.21 Å². The first kappa shape index (κ1) is 17.2. The number of carbonyl (C=O) groups is 1. The van der Waals surface area contributed by atoms with Gasteiger partial charge in [0.15, 0.2) is 0 Å². The normalized spacial score (nSPS) is 10.8. The lowest BCUT2D eigenvalue weighted by Gasteiger charge is -2.04. The Bertz CT molecular complexity index is 886. The summed E-state index contributed by atoms with van der Waals surface area (Å²) in [5, 5.41) is 4.87. The zero-order valence-electron chi connectivity index (χ0n) is 13.1. The Hall–Kier alpha value is -2.62. The number of halogens is 2. The van der Waals surface area contributed by atoms with Crippen molar-refractivity contribution in [2.45, 2.75) is 0 Å². The summed E-state index contributed by atoms with van der Waals surface area (Å²) in [5.74, 6) is -0.306. The summed E-state index contributed by atoms with van der Waals surface area (Å²) in [6, 6.07) is 22.4. The van der Waals surface area contributed by atoms with Gasteiger partial charge in [-0.3, -0.25) is 4.79 Å². The summed E-state index contributed by atoms with van der Waals surface area (Å²) < 4.78 is 0. The molecule has 0 unspecified atom stereocenters. The average molecular weight is 369 g/mol. The van der Waals surface area contributed by atoms with Crippen molar-refractivity contribution < 1.29 is 4.79 Å². The Labute approximate surface area is 155 Å². The van der Waals surface area contributed by atoms with Gasteiger partial charge in [0.2, 0.25) is 0 Å². The molecule has 0 spiro atoms. The van der Waals surface area contributed by atoms with Crippen LogP contribution in [0.3, 0.4) is 0 Å². The third kappa shape index (κ3) is 4.27. The molecular weight excluding hydrogens is 355 g/mol. The summed E-state index contributed by atoms with van der Waals surface area (Å²) in [7, 11) is 0. The number of amides is 1. The highest BCUT2D eigenvalue weighted by Gasteiger charge is 2.06. The number of benzene rings is 3. The fraction of sp³-hybridized carbons (Fsp3) is 0. The van der Waals surface area contributed by atoms with Crippen molar-refractivity contribution in [3.8, 4) is 11.1 Å². The van der Waals surface area contributed by atoms with Crippen LogP contribution in [0.25, 0.3) is 11.1 Å². The molecule has 0 aliphatic carbocycles. The van der Waals surface area contributed by atoms with Crippen molar-refractivity contribution >= 4 is 35.3 Å². The molecule has 0 bridgehead atoms. The van der Waals surface area contributed by atoms with Crippen molar-refractivity contribution in [3.63, 3.8) is 0 Å². The van der Waals surface area contributed by atoms with Crippen molar-refractivity contribution in [1.82, 2.24) is 5.43 Å². The van der Waals surface area contributed by atoms with Gasteiger partial charge in [-0.2, -0.15) is 5.10 Å². The van der Waals surface area contributed by atoms with Gasteiger partial charge in [0.25, 0.3) is 5.91 Å². The third-order valence-electron chi connectivity index (χ3n) is 3.61. The Kier molecular flexibility index (Phi) is 5.49. The summed E-state index contributed by atoms with van der Waals surface area (Å²) in [4.78, 5) is 12.2. The molecule has 0 aliphatic rings. The molecule has 0 fully saturated rings. The average Bonchev–Trinajstić information content (AvgIpc) is 2.65. The summed E-state index contributed by atoms with van der Waals surface area (Å²) in [5.41, 5.74) is 5.69. The molecule has 0 saturated heterocycles. The Morgan fingerprint density at radius 1 is 0.800 bits per heavy atom. The van der Waals surface area contributed by atoms with E-state index in [1.807, 2.05) is 42.5 Å². The molecule has 0 atom stereocenters. The van der Waals surface area contributed by atoms with Crippen molar-refractivity contribution in [2.24, 2.45) is 5.10 Å². The van der Waals surface area contributed by atoms with Gasteiger partial charge in [0.05, 0.1) is 16.3 Å². The molecule has 25 heavy (non-hydrogen) atoms. The molecule has 0 aromatic heterocycles. The van der Waals surface area contributed by atoms with Gasteiger partial charge in [-0.05, 0) is 35.4 Å². The zero-order valence-corrected chi connectivity index (χ0v) is 14.6. The van der Waals surface area contributed by atoms with Crippen LogP contribution in [0.2, 0.25) is 10.0 Å². The van der Waals surface area contributed by atoms with Gasteiger partial charge >= 0.3 is 0 Å². The molecule has 124 valence electrons. The fourth-order valence-corrected chi connectivity index (χ4v) is 2.79. The summed E-state index contributed by atoms with van der Waals surface area (Å²) in [6.45, 7) is 0. The van der Waals surface area contributed by atoms with E-state index in [2.05, 4.69) is 10.5 Å². The SMILES string of the molecule is O=C(N/N=C\c1c(Cl)cccc1Cl)c1ccc(-c2ccccc2)cc1. The van der Waals surface area contributed by atoms with E-state index in [1.54, 1.807) is 30.3 Å². The molecule has 3 aromatic carbocycles. The number of hydrazone groups is 1. The molecule has 5 heteroatoms. The maximum Gasteiger partial charge on any atom is 0.271 e. The number of hydrogen-bond donors (Lipinski definition) is 1. The Morgan fingerprint density at radius 2 is 1.40 bits per heavy atom. The Balaban J connectivity index is 1.68. The lowest BCUT2D eigenvalue weighted by atomic mass is 10.0. The molecular formula is C20H14Cl2N2O. The van der Waals surface area contributed by atoms with Crippen LogP contribution in [0.15, 0.2) is 77.9 Å². The van der Waals surface area contributed by atoms with E-state index < -0.39 is 0 Å². The van der Waals surface area contributed by atoms with E-state index in [0.29, 0.717) is 21.2 Å². The number of nitrogens with one attached hydrogen (secondary N) is 1. The first-order valence-electron chi connectivity index (χ1n) is 7.58. The minimum absolute atomic E-state index is 0.306. The van der Waals surface area contributed by atoms with Gasteiger partial charge in [-0.15, -0.1) is 0 Å². The fourth-order valence-electron chi connectivity index (χ4n) is 2.30. The predicted molar refractivity (Wildman–Crippen MR) is 103 cm³/mol. The van der Waals surface area contributed by atoms with Gasteiger partial charge in [0.1, 0.15) is 0 Å². The van der Waals surface area contributed by atoms with Crippen LogP contribution in [0.4, 0.5) is 0 Å². The highest BCUT2D eigenvalue weighted by molar-refractivity contribution is 6.38. The highest BCUT2D eigenvalue weighted by atomic mass is 35.5. The lowest BCUT2D eigenvalue weighted by molar-refractivity contribution is 0.0955. The van der Waals surface area contributed by atoms with Crippen LogP contribution in [-0.2, 0) is 0 Å². The smallest absolute Gasteiger partial charge is 0.267 e. The molecule has 0 saturated carbocycles. The number of nitrogens with zero attached hydrogens (tertiary/aromatic N) is 1. The summed E-state index contributed by atoms with van der Waals surface area (Å²) >= 11 is 12.1. The van der Waals surface area contributed by atoms with Crippen LogP contribution < -0.4 is 5.43 Å². The molecule has 1 amide bonds. The second-order valence-corrected chi connectivity index (χ2v) is 6.09. The molecule has 0 heterocycles. The molecule has 3 nitrogen and oxygen atoms in total. The minimum atomic E-state index is -0.306. The van der Waals surface area contributed by atoms with Crippen LogP contribution in [0, 0.1) is 0 Å². The second kappa shape index (κ2) is 7.97. The predicted octanol–water partition coefficient (Wildman–Crippen LogP) is 5.42. The zero-order chi connectivity index (χ0) is 17.6. The van der Waals surface area contributed by atoms with Crippen LogP contribution in [0.5, 0.6) is 0 Å². The van der Waals surface area contributed by atoms with Gasteiger partial charge in [-0.25, -0.2) is 5.43 Å². The van der Waals surface area contributed by atoms with Gasteiger partial charge in [0, 0.05) is 11.1 Å². The minimum Gasteiger partial charge on any atom is -0.267 e. The Morgan fingerprint density at radius 3 is 2.04 bits per heavy atom. The largest absolute Gasteiger partial charge is 0.271 e. The quantitative estimate of drug-likeness (QED) is 0.484. The van der Waals surface area contributed by atoms with E-state index >= 15 is 0 Å². The van der Waals surface area contributed by atoms with Crippen molar-refractivity contribution in [1.29, 1.82) is 0 Å². The number of carbonyl (C=O) groups excluding carboxylic acids is 1. The molecule has 1 N–H and O–H groups in total. The topological polar surface area (TPSA) is 41.5 Å². The number of hydrogen-bond acceptors (Lipinski definition) is 2. The van der Waals surface area contributed by atoms with Crippen LogP contribution >= 0.6 is 23.2 Å². The standard InChI is InChI=1S/C20H14Cl2N2O/c21-18-7-4-8-19(22)17(18)13-23-24-20(25)16-11-9-15(10-12-16)14-5-2-1-3-6-14/h1-13H,(H,24,25)/b23-13-. The first-order valence-corrected chi connectivity index (χ1v) is 8.33. The number of rotatable bonds is 4. The summed E-state index contributed by atoms with van der Waals surface area (Å²) in [6.07, 6.45) is 1.43. The van der Waals surface area contributed by atoms with Gasteiger partial charge < -0.3 is 0 Å². The van der Waals surface area contributed by atoms with Crippen LogP contribution in [0.1, 0.15) is 15.9 Å². The maximum absolute atomic E-state index is 12.2. The monoisotopic (exact) mass is 368 g/mol. The third-order valence-corrected chi connectivity index (χ3v) is 4.27. The first-order chi connectivity index (χ1) is 12.1. The van der Waals surface area contributed by atoms with E-state index in [9.17, 15) is 4.79 Å². The lowest BCUT2D eigenvalue weighted by Crippen LogP contribution is -2.17. The second-order valence-electron chi connectivity index (χ2n) is 5.28.